The zero-order valence-electron chi connectivity index (χ0n) is 11.1. The molecule has 2 unspecified atom stereocenters. The minimum atomic E-state index is 0.202. The molecule has 0 aromatic rings. The van der Waals surface area contributed by atoms with Crippen molar-refractivity contribution in [3.05, 3.63) is 0 Å². The van der Waals surface area contributed by atoms with Crippen LogP contribution < -0.4 is 5.32 Å². The molecular formula is C13H26N2O. The number of likely N-dealkylation sites (N-methyl/N-ethyl adjacent to an activating group) is 1. The highest BCUT2D eigenvalue weighted by molar-refractivity contribution is 5.77. The number of hydrogen-bond acceptors (Lipinski definition) is 2. The summed E-state index contributed by atoms with van der Waals surface area (Å²) in [5.41, 5.74) is 0. The van der Waals surface area contributed by atoms with Crippen molar-refractivity contribution >= 4 is 5.91 Å². The summed E-state index contributed by atoms with van der Waals surface area (Å²) >= 11 is 0. The van der Waals surface area contributed by atoms with Crippen molar-refractivity contribution in [3.63, 3.8) is 0 Å². The van der Waals surface area contributed by atoms with Gasteiger partial charge in [-0.15, -0.1) is 0 Å². The number of nitrogens with zero attached hydrogens (tertiary/aromatic N) is 1. The van der Waals surface area contributed by atoms with Gasteiger partial charge in [0.05, 0.1) is 6.54 Å². The van der Waals surface area contributed by atoms with Crippen molar-refractivity contribution in [3.8, 4) is 0 Å². The molecule has 3 heteroatoms. The van der Waals surface area contributed by atoms with E-state index in [9.17, 15) is 4.79 Å². The van der Waals surface area contributed by atoms with Crippen LogP contribution in [0.5, 0.6) is 0 Å². The zero-order chi connectivity index (χ0) is 12.1. The third-order valence-electron chi connectivity index (χ3n) is 3.62. The molecule has 1 fully saturated rings. The van der Waals surface area contributed by atoms with Crippen molar-refractivity contribution in [2.45, 2.75) is 46.1 Å². The SMILES string of the molecule is CCN(C)C(=O)CNC1CC(C)CC(C)C1. The van der Waals surface area contributed by atoms with Gasteiger partial charge in [0.2, 0.25) is 5.91 Å². The molecule has 0 heterocycles. The van der Waals surface area contributed by atoms with Crippen molar-refractivity contribution in [2.75, 3.05) is 20.1 Å². The van der Waals surface area contributed by atoms with Gasteiger partial charge < -0.3 is 10.2 Å². The maximum atomic E-state index is 11.6. The third kappa shape index (κ3) is 4.12. The summed E-state index contributed by atoms with van der Waals surface area (Å²) in [7, 11) is 1.86. The van der Waals surface area contributed by atoms with Crippen LogP contribution in [0.15, 0.2) is 0 Å². The Hall–Kier alpha value is -0.570. The van der Waals surface area contributed by atoms with Gasteiger partial charge in [-0.1, -0.05) is 13.8 Å². The summed E-state index contributed by atoms with van der Waals surface area (Å²) in [5, 5.41) is 3.41. The molecule has 0 saturated heterocycles. The van der Waals surface area contributed by atoms with E-state index >= 15 is 0 Å². The van der Waals surface area contributed by atoms with Crippen LogP contribution in [0.1, 0.15) is 40.0 Å². The molecule has 0 bridgehead atoms. The molecule has 1 N–H and O–H groups in total. The van der Waals surface area contributed by atoms with Gasteiger partial charge in [0, 0.05) is 19.6 Å². The highest BCUT2D eigenvalue weighted by Gasteiger charge is 2.24. The van der Waals surface area contributed by atoms with Gasteiger partial charge in [-0.25, -0.2) is 0 Å². The lowest BCUT2D eigenvalue weighted by Gasteiger charge is -2.32. The fourth-order valence-corrected chi connectivity index (χ4v) is 2.66. The highest BCUT2D eigenvalue weighted by atomic mass is 16.2. The van der Waals surface area contributed by atoms with E-state index < -0.39 is 0 Å². The van der Waals surface area contributed by atoms with E-state index in [0.717, 1.165) is 18.4 Å². The lowest BCUT2D eigenvalue weighted by molar-refractivity contribution is -0.128. The number of amides is 1. The van der Waals surface area contributed by atoms with E-state index in [4.69, 9.17) is 0 Å². The van der Waals surface area contributed by atoms with E-state index in [1.807, 2.05) is 14.0 Å². The van der Waals surface area contributed by atoms with Crippen LogP contribution in [0.4, 0.5) is 0 Å². The van der Waals surface area contributed by atoms with Gasteiger partial charge in [0.15, 0.2) is 0 Å². The Morgan fingerprint density at radius 1 is 1.25 bits per heavy atom. The molecule has 1 amide bonds. The van der Waals surface area contributed by atoms with Crippen LogP contribution in [0.3, 0.4) is 0 Å². The first kappa shape index (κ1) is 13.5. The molecule has 2 atom stereocenters. The predicted octanol–water partition coefficient (Wildman–Crippen LogP) is 1.88. The summed E-state index contributed by atoms with van der Waals surface area (Å²) in [6, 6.07) is 0.535. The fraction of sp³-hybridized carbons (Fsp3) is 0.923. The number of hydrogen-bond donors (Lipinski definition) is 1. The molecular weight excluding hydrogens is 200 g/mol. The molecule has 0 radical (unpaired) electrons. The molecule has 94 valence electrons. The van der Waals surface area contributed by atoms with E-state index in [0.29, 0.717) is 12.6 Å². The van der Waals surface area contributed by atoms with Gasteiger partial charge in [0.25, 0.3) is 0 Å². The fourth-order valence-electron chi connectivity index (χ4n) is 2.66. The molecule has 0 spiro atoms. The summed E-state index contributed by atoms with van der Waals surface area (Å²) < 4.78 is 0. The Morgan fingerprint density at radius 3 is 2.31 bits per heavy atom. The molecule has 16 heavy (non-hydrogen) atoms. The van der Waals surface area contributed by atoms with Gasteiger partial charge >= 0.3 is 0 Å². The smallest absolute Gasteiger partial charge is 0.236 e. The second kappa shape index (κ2) is 6.24. The van der Waals surface area contributed by atoms with Crippen LogP contribution in [0, 0.1) is 11.8 Å². The van der Waals surface area contributed by atoms with Crippen LogP contribution in [0.25, 0.3) is 0 Å². The van der Waals surface area contributed by atoms with Gasteiger partial charge in [0.1, 0.15) is 0 Å². The zero-order valence-corrected chi connectivity index (χ0v) is 11.1. The molecule has 1 aliphatic carbocycles. The van der Waals surface area contributed by atoms with Crippen molar-refractivity contribution < 1.29 is 4.79 Å². The number of carbonyl (C=O) groups is 1. The Bertz CT molecular complexity index is 220. The summed E-state index contributed by atoms with van der Waals surface area (Å²) in [6.45, 7) is 7.91. The quantitative estimate of drug-likeness (QED) is 0.794. The number of nitrogens with one attached hydrogen (secondary N) is 1. The highest BCUT2D eigenvalue weighted by Crippen LogP contribution is 2.28. The second-order valence-corrected chi connectivity index (χ2v) is 5.40. The molecule has 1 rings (SSSR count). The first-order chi connectivity index (χ1) is 7.52. The summed E-state index contributed by atoms with van der Waals surface area (Å²) in [6.07, 6.45) is 3.77. The Labute approximate surface area is 99.6 Å². The van der Waals surface area contributed by atoms with E-state index in [1.54, 1.807) is 4.90 Å². The Balaban J connectivity index is 2.29. The van der Waals surface area contributed by atoms with Gasteiger partial charge in [-0.2, -0.15) is 0 Å². The topological polar surface area (TPSA) is 32.3 Å². The average molecular weight is 226 g/mol. The molecule has 0 aromatic heterocycles. The van der Waals surface area contributed by atoms with Crippen LogP contribution in [-0.4, -0.2) is 37.0 Å². The minimum Gasteiger partial charge on any atom is -0.345 e. The number of carbonyl (C=O) groups excluding carboxylic acids is 1. The number of rotatable bonds is 4. The lowest BCUT2D eigenvalue weighted by atomic mass is 9.80. The van der Waals surface area contributed by atoms with Crippen LogP contribution in [-0.2, 0) is 4.79 Å². The van der Waals surface area contributed by atoms with Crippen LogP contribution >= 0.6 is 0 Å². The normalized spacial score (nSPS) is 30.1. The van der Waals surface area contributed by atoms with E-state index in [-0.39, 0.29) is 5.91 Å². The van der Waals surface area contributed by atoms with Gasteiger partial charge in [-0.3, -0.25) is 4.79 Å². The van der Waals surface area contributed by atoms with Crippen molar-refractivity contribution in [2.24, 2.45) is 11.8 Å². The van der Waals surface area contributed by atoms with Gasteiger partial charge in [-0.05, 0) is 38.0 Å². The largest absolute Gasteiger partial charge is 0.345 e. The average Bonchev–Trinajstić information content (AvgIpc) is 2.23. The summed E-state index contributed by atoms with van der Waals surface area (Å²) in [5.74, 6) is 1.79. The molecule has 0 aromatic carbocycles. The molecule has 1 aliphatic rings. The van der Waals surface area contributed by atoms with E-state index in [2.05, 4.69) is 19.2 Å². The standard InChI is InChI=1S/C13H26N2O/c1-5-15(4)13(16)9-14-12-7-10(2)6-11(3)8-12/h10-12,14H,5-9H2,1-4H3. The minimum absolute atomic E-state index is 0.202. The van der Waals surface area contributed by atoms with Crippen LogP contribution in [0.2, 0.25) is 0 Å². The summed E-state index contributed by atoms with van der Waals surface area (Å²) in [4.78, 5) is 13.4. The first-order valence-electron chi connectivity index (χ1n) is 6.50. The third-order valence-corrected chi connectivity index (χ3v) is 3.62. The lowest BCUT2D eigenvalue weighted by Crippen LogP contribution is -2.42. The maximum Gasteiger partial charge on any atom is 0.236 e. The molecule has 0 aliphatic heterocycles. The molecule has 3 nitrogen and oxygen atoms in total. The second-order valence-electron chi connectivity index (χ2n) is 5.40. The monoisotopic (exact) mass is 226 g/mol. The Kier molecular flexibility index (Phi) is 5.26. The van der Waals surface area contributed by atoms with E-state index in [1.165, 1.54) is 19.3 Å². The first-order valence-corrected chi connectivity index (χ1v) is 6.50. The maximum absolute atomic E-state index is 11.6. The Morgan fingerprint density at radius 2 is 1.81 bits per heavy atom. The molecule has 1 saturated carbocycles. The predicted molar refractivity (Wildman–Crippen MR) is 67.3 cm³/mol. The van der Waals surface area contributed by atoms with Crippen molar-refractivity contribution in [1.29, 1.82) is 0 Å². The van der Waals surface area contributed by atoms with Crippen molar-refractivity contribution in [1.82, 2.24) is 10.2 Å².